The molecule has 3 aromatic rings. The molecule has 1 amide bonds. The number of benzene rings is 2. The average molecular weight is 363 g/mol. The van der Waals surface area contributed by atoms with E-state index in [1.807, 2.05) is 12.1 Å². The summed E-state index contributed by atoms with van der Waals surface area (Å²) in [4.78, 5) is 24.0. The van der Waals surface area contributed by atoms with Crippen LogP contribution in [0.5, 0.6) is 5.75 Å². The Morgan fingerprint density at radius 1 is 1.19 bits per heavy atom. The Balaban J connectivity index is 1.46. The first-order chi connectivity index (χ1) is 13.1. The minimum absolute atomic E-state index is 0.0168. The van der Waals surface area contributed by atoms with E-state index >= 15 is 0 Å². The standard InChI is InChI=1S/C22H21NO4/c1-14(26-17-11-9-16-10-12-21(24)27-20(16)13-17)22(25)23-19-8-4-6-15-5-2-3-7-18(15)19/h2-3,5,7,9-14,19H,4,6,8H2,1H3,(H,23,25)/t14-,19+/m1/s1. The van der Waals surface area contributed by atoms with Crippen molar-refractivity contribution in [2.75, 3.05) is 0 Å². The van der Waals surface area contributed by atoms with Crippen LogP contribution in [0, 0.1) is 0 Å². The monoisotopic (exact) mass is 363 g/mol. The third kappa shape index (κ3) is 3.72. The molecule has 0 spiro atoms. The van der Waals surface area contributed by atoms with Crippen molar-refractivity contribution in [2.24, 2.45) is 0 Å². The van der Waals surface area contributed by atoms with Gasteiger partial charge in [-0.15, -0.1) is 0 Å². The first-order valence-electron chi connectivity index (χ1n) is 9.19. The van der Waals surface area contributed by atoms with Crippen LogP contribution in [0.25, 0.3) is 11.0 Å². The van der Waals surface area contributed by atoms with Crippen LogP contribution in [0.3, 0.4) is 0 Å². The maximum Gasteiger partial charge on any atom is 0.336 e. The molecule has 1 aliphatic carbocycles. The second-order valence-electron chi connectivity index (χ2n) is 6.87. The summed E-state index contributed by atoms with van der Waals surface area (Å²) < 4.78 is 10.9. The molecule has 5 nitrogen and oxygen atoms in total. The topological polar surface area (TPSA) is 68.5 Å². The number of rotatable bonds is 4. The van der Waals surface area contributed by atoms with E-state index in [-0.39, 0.29) is 11.9 Å². The molecule has 1 aliphatic rings. The lowest BCUT2D eigenvalue weighted by molar-refractivity contribution is -0.128. The fourth-order valence-electron chi connectivity index (χ4n) is 3.56. The Bertz CT molecular complexity index is 1040. The number of fused-ring (bicyclic) bond motifs is 2. The Labute approximate surface area is 157 Å². The normalized spacial score (nSPS) is 17.1. The molecule has 1 N–H and O–H groups in total. The molecular formula is C22H21NO4. The van der Waals surface area contributed by atoms with Crippen molar-refractivity contribution in [2.45, 2.75) is 38.3 Å². The van der Waals surface area contributed by atoms with Gasteiger partial charge >= 0.3 is 5.63 Å². The third-order valence-electron chi connectivity index (χ3n) is 4.96. The molecule has 2 atom stereocenters. The van der Waals surface area contributed by atoms with Crippen LogP contribution in [0.1, 0.15) is 36.9 Å². The predicted molar refractivity (Wildman–Crippen MR) is 103 cm³/mol. The van der Waals surface area contributed by atoms with Gasteiger partial charge in [-0.2, -0.15) is 0 Å². The molecule has 27 heavy (non-hydrogen) atoms. The van der Waals surface area contributed by atoms with Crippen LogP contribution >= 0.6 is 0 Å². The number of nitrogens with one attached hydrogen (secondary N) is 1. The summed E-state index contributed by atoms with van der Waals surface area (Å²) in [5.74, 6) is 0.329. The van der Waals surface area contributed by atoms with Crippen LogP contribution in [0.4, 0.5) is 0 Å². The lowest BCUT2D eigenvalue weighted by Gasteiger charge is -2.27. The highest BCUT2D eigenvalue weighted by Gasteiger charge is 2.24. The van der Waals surface area contributed by atoms with Gasteiger partial charge in [0.05, 0.1) is 6.04 Å². The second-order valence-corrected chi connectivity index (χ2v) is 6.87. The van der Waals surface area contributed by atoms with Gasteiger partial charge in [0.25, 0.3) is 5.91 Å². The molecule has 5 heteroatoms. The summed E-state index contributed by atoms with van der Waals surface area (Å²) >= 11 is 0. The molecule has 1 heterocycles. The van der Waals surface area contributed by atoms with Crippen molar-refractivity contribution < 1.29 is 13.9 Å². The Hall–Kier alpha value is -3.08. The van der Waals surface area contributed by atoms with E-state index in [2.05, 4.69) is 17.4 Å². The van der Waals surface area contributed by atoms with E-state index in [0.29, 0.717) is 11.3 Å². The number of ether oxygens (including phenoxy) is 1. The van der Waals surface area contributed by atoms with Gasteiger partial charge in [-0.1, -0.05) is 24.3 Å². The van der Waals surface area contributed by atoms with E-state index < -0.39 is 11.7 Å². The Morgan fingerprint density at radius 2 is 2.00 bits per heavy atom. The first kappa shape index (κ1) is 17.3. The van der Waals surface area contributed by atoms with Gasteiger partial charge in [-0.3, -0.25) is 4.79 Å². The van der Waals surface area contributed by atoms with E-state index in [4.69, 9.17) is 9.15 Å². The van der Waals surface area contributed by atoms with Crippen molar-refractivity contribution in [3.63, 3.8) is 0 Å². The van der Waals surface area contributed by atoms with Gasteiger partial charge < -0.3 is 14.5 Å². The number of carbonyl (C=O) groups is 1. The number of carbonyl (C=O) groups excluding carboxylic acids is 1. The maximum atomic E-state index is 12.6. The number of hydrogen-bond donors (Lipinski definition) is 1. The minimum Gasteiger partial charge on any atom is -0.481 e. The zero-order chi connectivity index (χ0) is 18.8. The summed E-state index contributed by atoms with van der Waals surface area (Å²) in [6.45, 7) is 1.72. The molecule has 0 bridgehead atoms. The van der Waals surface area contributed by atoms with Gasteiger partial charge in [0.15, 0.2) is 6.10 Å². The van der Waals surface area contributed by atoms with Crippen molar-refractivity contribution >= 4 is 16.9 Å². The largest absolute Gasteiger partial charge is 0.481 e. The van der Waals surface area contributed by atoms with E-state index in [9.17, 15) is 9.59 Å². The Morgan fingerprint density at radius 3 is 2.89 bits per heavy atom. The van der Waals surface area contributed by atoms with Crippen LogP contribution in [-0.2, 0) is 11.2 Å². The van der Waals surface area contributed by atoms with Crippen LogP contribution in [0.2, 0.25) is 0 Å². The molecule has 0 radical (unpaired) electrons. The fraction of sp³-hybridized carbons (Fsp3) is 0.273. The molecule has 1 aromatic heterocycles. The van der Waals surface area contributed by atoms with E-state index in [1.165, 1.54) is 17.2 Å². The van der Waals surface area contributed by atoms with Crippen molar-refractivity contribution in [1.82, 2.24) is 5.32 Å². The van der Waals surface area contributed by atoms with Gasteiger partial charge in [0, 0.05) is 17.5 Å². The second kappa shape index (κ2) is 7.27. The zero-order valence-corrected chi connectivity index (χ0v) is 15.1. The fourth-order valence-corrected chi connectivity index (χ4v) is 3.56. The summed E-state index contributed by atoms with van der Waals surface area (Å²) in [5.41, 5.74) is 2.51. The van der Waals surface area contributed by atoms with Crippen LogP contribution in [-0.4, -0.2) is 12.0 Å². The van der Waals surface area contributed by atoms with Crippen LogP contribution in [0.15, 0.2) is 63.8 Å². The highest BCUT2D eigenvalue weighted by molar-refractivity contribution is 5.82. The molecular weight excluding hydrogens is 342 g/mol. The molecule has 0 fully saturated rings. The SMILES string of the molecule is C[C@@H](Oc1ccc2ccc(=O)oc2c1)C(=O)N[C@H]1CCCc2ccccc21. The lowest BCUT2D eigenvalue weighted by Crippen LogP contribution is -2.39. The van der Waals surface area contributed by atoms with Crippen molar-refractivity contribution in [3.05, 3.63) is 76.1 Å². The lowest BCUT2D eigenvalue weighted by atomic mass is 9.87. The van der Waals surface area contributed by atoms with Gasteiger partial charge in [-0.25, -0.2) is 4.79 Å². The number of amides is 1. The van der Waals surface area contributed by atoms with Crippen molar-refractivity contribution in [1.29, 1.82) is 0 Å². The first-order valence-corrected chi connectivity index (χ1v) is 9.19. The third-order valence-corrected chi connectivity index (χ3v) is 4.96. The van der Waals surface area contributed by atoms with Gasteiger partial charge in [-0.05, 0) is 55.5 Å². The molecule has 4 rings (SSSR count). The number of aryl methyl sites for hydroxylation is 1. The molecule has 0 saturated heterocycles. The van der Waals surface area contributed by atoms with E-state index in [1.54, 1.807) is 31.2 Å². The smallest absolute Gasteiger partial charge is 0.336 e. The highest BCUT2D eigenvalue weighted by Crippen LogP contribution is 2.29. The Kier molecular flexibility index (Phi) is 4.67. The minimum atomic E-state index is -0.660. The summed E-state index contributed by atoms with van der Waals surface area (Å²) in [7, 11) is 0. The maximum absolute atomic E-state index is 12.6. The van der Waals surface area contributed by atoms with Gasteiger partial charge in [0.1, 0.15) is 11.3 Å². The molecule has 0 unspecified atom stereocenters. The highest BCUT2D eigenvalue weighted by atomic mass is 16.5. The molecule has 0 aliphatic heterocycles. The summed E-state index contributed by atoms with van der Waals surface area (Å²) in [6, 6.07) is 16.5. The molecule has 138 valence electrons. The van der Waals surface area contributed by atoms with E-state index in [0.717, 1.165) is 24.6 Å². The molecule has 2 aromatic carbocycles. The van der Waals surface area contributed by atoms with Crippen LogP contribution < -0.4 is 15.7 Å². The predicted octanol–water partition coefficient (Wildman–Crippen LogP) is 3.75. The average Bonchev–Trinajstić information content (AvgIpc) is 2.68. The summed E-state index contributed by atoms with van der Waals surface area (Å²) in [5, 5.41) is 3.91. The van der Waals surface area contributed by atoms with Gasteiger partial charge in [0.2, 0.25) is 0 Å². The molecule has 0 saturated carbocycles. The van der Waals surface area contributed by atoms with Crippen molar-refractivity contribution in [3.8, 4) is 5.75 Å². The summed E-state index contributed by atoms with van der Waals surface area (Å²) in [6.07, 6.45) is 2.38. The zero-order valence-electron chi connectivity index (χ0n) is 15.1. The number of hydrogen-bond acceptors (Lipinski definition) is 4. The quantitative estimate of drug-likeness (QED) is 0.717.